The van der Waals surface area contributed by atoms with E-state index in [1.54, 1.807) is 6.92 Å². The van der Waals surface area contributed by atoms with Gasteiger partial charge in [0.2, 0.25) is 0 Å². The maximum atomic E-state index is 10.7. The first kappa shape index (κ1) is 12.5. The largest absolute Gasteiger partial charge is 0.481 e. The van der Waals surface area contributed by atoms with Crippen molar-refractivity contribution in [2.24, 2.45) is 5.92 Å². The molecule has 2 unspecified atom stereocenters. The molecule has 0 bridgehead atoms. The van der Waals surface area contributed by atoms with E-state index in [2.05, 4.69) is 17.1 Å². The van der Waals surface area contributed by atoms with Gasteiger partial charge in [0.05, 0.1) is 5.92 Å². The molecule has 0 radical (unpaired) electrons. The van der Waals surface area contributed by atoms with Crippen LogP contribution in [0.25, 0.3) is 0 Å². The fraction of sp³-hybridized carbons (Fsp3) is 0.909. The first-order chi connectivity index (χ1) is 7.13. The lowest BCUT2D eigenvalue weighted by Crippen LogP contribution is -2.40. The quantitative estimate of drug-likeness (QED) is 0.686. The lowest BCUT2D eigenvalue weighted by Gasteiger charge is -2.25. The Balaban J connectivity index is 2.31. The van der Waals surface area contributed by atoms with Gasteiger partial charge in [-0.05, 0) is 25.9 Å². The summed E-state index contributed by atoms with van der Waals surface area (Å²) in [5.74, 6) is -0.973. The zero-order chi connectivity index (χ0) is 11.3. The number of carboxylic acids is 1. The Morgan fingerprint density at radius 3 is 2.87 bits per heavy atom. The number of rotatable bonds is 6. The van der Waals surface area contributed by atoms with E-state index in [4.69, 9.17) is 5.11 Å². The second kappa shape index (κ2) is 6.08. The lowest BCUT2D eigenvalue weighted by atomic mass is 10.1. The van der Waals surface area contributed by atoms with Gasteiger partial charge in [-0.1, -0.05) is 13.8 Å². The molecule has 4 heteroatoms. The van der Waals surface area contributed by atoms with Gasteiger partial charge in [0.1, 0.15) is 0 Å². The molecule has 0 aromatic heterocycles. The number of likely N-dealkylation sites (N-methyl/N-ethyl adjacent to an activating group) is 1. The summed E-state index contributed by atoms with van der Waals surface area (Å²) in [4.78, 5) is 13.0. The zero-order valence-electron chi connectivity index (χ0n) is 9.70. The highest BCUT2D eigenvalue weighted by Crippen LogP contribution is 2.08. The van der Waals surface area contributed by atoms with Crippen molar-refractivity contribution in [3.63, 3.8) is 0 Å². The van der Waals surface area contributed by atoms with Gasteiger partial charge in [0, 0.05) is 19.1 Å². The summed E-state index contributed by atoms with van der Waals surface area (Å²) >= 11 is 0. The number of nitrogens with one attached hydrogen (secondary N) is 1. The van der Waals surface area contributed by atoms with Crippen LogP contribution in [0.15, 0.2) is 0 Å². The second-order valence-electron chi connectivity index (χ2n) is 4.38. The normalized spacial score (nSPS) is 23.3. The summed E-state index contributed by atoms with van der Waals surface area (Å²) in [6.07, 6.45) is 2.47. The van der Waals surface area contributed by atoms with Crippen molar-refractivity contribution in [1.82, 2.24) is 10.2 Å². The van der Waals surface area contributed by atoms with Gasteiger partial charge in [-0.3, -0.25) is 4.79 Å². The Labute approximate surface area is 91.6 Å². The number of hydrogen-bond donors (Lipinski definition) is 2. The molecule has 1 saturated heterocycles. The second-order valence-corrected chi connectivity index (χ2v) is 4.38. The molecule has 0 saturated carbocycles. The van der Waals surface area contributed by atoms with E-state index >= 15 is 0 Å². The number of carbonyl (C=O) groups is 1. The molecule has 1 aliphatic heterocycles. The summed E-state index contributed by atoms with van der Waals surface area (Å²) < 4.78 is 0. The van der Waals surface area contributed by atoms with Crippen molar-refractivity contribution in [3.8, 4) is 0 Å². The van der Waals surface area contributed by atoms with Crippen LogP contribution < -0.4 is 5.32 Å². The maximum absolute atomic E-state index is 10.7. The molecule has 1 aliphatic rings. The minimum Gasteiger partial charge on any atom is -0.481 e. The van der Waals surface area contributed by atoms with E-state index in [9.17, 15) is 4.79 Å². The van der Waals surface area contributed by atoms with Crippen LogP contribution in [0.3, 0.4) is 0 Å². The molecule has 0 spiro atoms. The maximum Gasteiger partial charge on any atom is 0.307 e. The smallest absolute Gasteiger partial charge is 0.307 e. The lowest BCUT2D eigenvalue weighted by molar-refractivity contribution is -0.141. The van der Waals surface area contributed by atoms with Crippen LogP contribution in [0.1, 0.15) is 26.7 Å². The molecule has 1 heterocycles. The van der Waals surface area contributed by atoms with Crippen LogP contribution in [-0.4, -0.2) is 48.2 Å². The number of carboxylic acid groups (broad SMARTS) is 1. The Kier molecular flexibility index (Phi) is 5.05. The minimum atomic E-state index is -0.701. The summed E-state index contributed by atoms with van der Waals surface area (Å²) in [6, 6.07) is 0.561. The molecule has 0 aromatic carbocycles. The van der Waals surface area contributed by atoms with E-state index in [1.807, 2.05) is 0 Å². The molecular formula is C11H22N2O2. The first-order valence-electron chi connectivity index (χ1n) is 5.82. The van der Waals surface area contributed by atoms with E-state index in [0.717, 1.165) is 19.6 Å². The summed E-state index contributed by atoms with van der Waals surface area (Å²) in [6.45, 7) is 7.53. The van der Waals surface area contributed by atoms with Crippen LogP contribution in [0, 0.1) is 5.92 Å². The molecule has 2 atom stereocenters. The van der Waals surface area contributed by atoms with Crippen molar-refractivity contribution < 1.29 is 9.90 Å². The molecule has 15 heavy (non-hydrogen) atoms. The molecule has 2 N–H and O–H groups in total. The van der Waals surface area contributed by atoms with Crippen molar-refractivity contribution in [2.75, 3.05) is 26.2 Å². The minimum absolute atomic E-state index is 0.272. The van der Waals surface area contributed by atoms with E-state index in [1.165, 1.54) is 12.8 Å². The fourth-order valence-corrected chi connectivity index (χ4v) is 2.02. The molecule has 88 valence electrons. The third-order valence-electron chi connectivity index (χ3n) is 3.04. The summed E-state index contributed by atoms with van der Waals surface area (Å²) in [5, 5.41) is 12.3. The van der Waals surface area contributed by atoms with Crippen molar-refractivity contribution >= 4 is 5.97 Å². The van der Waals surface area contributed by atoms with Crippen molar-refractivity contribution in [2.45, 2.75) is 32.7 Å². The van der Waals surface area contributed by atoms with Crippen LogP contribution in [0.4, 0.5) is 0 Å². The highest BCUT2D eigenvalue weighted by atomic mass is 16.4. The van der Waals surface area contributed by atoms with Gasteiger partial charge in [0.25, 0.3) is 0 Å². The Hall–Kier alpha value is -0.610. The molecule has 0 aliphatic carbocycles. The van der Waals surface area contributed by atoms with Crippen LogP contribution >= 0.6 is 0 Å². The number of aliphatic carboxylic acids is 1. The monoisotopic (exact) mass is 214 g/mol. The third kappa shape index (κ3) is 4.18. The number of hydrogen-bond acceptors (Lipinski definition) is 3. The summed E-state index contributed by atoms with van der Waals surface area (Å²) in [5.41, 5.74) is 0. The standard InChI is InChI=1S/C11H22N2O2/c1-3-13(7-9(2)11(14)15)8-10-5-4-6-12-10/h9-10,12H,3-8H2,1-2H3,(H,14,15). The van der Waals surface area contributed by atoms with Gasteiger partial charge >= 0.3 is 5.97 Å². The van der Waals surface area contributed by atoms with Gasteiger partial charge in [0.15, 0.2) is 0 Å². The topological polar surface area (TPSA) is 52.6 Å². The van der Waals surface area contributed by atoms with Crippen molar-refractivity contribution in [3.05, 3.63) is 0 Å². The number of nitrogens with zero attached hydrogens (tertiary/aromatic N) is 1. The molecule has 1 fully saturated rings. The first-order valence-corrected chi connectivity index (χ1v) is 5.82. The highest BCUT2D eigenvalue weighted by Gasteiger charge is 2.20. The molecule has 4 nitrogen and oxygen atoms in total. The van der Waals surface area contributed by atoms with Gasteiger partial charge in [-0.25, -0.2) is 0 Å². The van der Waals surface area contributed by atoms with E-state index < -0.39 is 5.97 Å². The van der Waals surface area contributed by atoms with Crippen LogP contribution in [0.5, 0.6) is 0 Å². The molecule has 0 amide bonds. The third-order valence-corrected chi connectivity index (χ3v) is 3.04. The predicted octanol–water partition coefficient (Wildman–Crippen LogP) is 0.781. The molecular weight excluding hydrogens is 192 g/mol. The van der Waals surface area contributed by atoms with Gasteiger partial charge in [-0.2, -0.15) is 0 Å². The molecule has 1 rings (SSSR count). The Bertz CT molecular complexity index is 203. The average Bonchev–Trinajstić information content (AvgIpc) is 2.69. The van der Waals surface area contributed by atoms with Crippen LogP contribution in [-0.2, 0) is 4.79 Å². The van der Waals surface area contributed by atoms with E-state index in [0.29, 0.717) is 12.6 Å². The van der Waals surface area contributed by atoms with Crippen LogP contribution in [0.2, 0.25) is 0 Å². The van der Waals surface area contributed by atoms with Crippen molar-refractivity contribution in [1.29, 1.82) is 0 Å². The Morgan fingerprint density at radius 2 is 2.40 bits per heavy atom. The highest BCUT2D eigenvalue weighted by molar-refractivity contribution is 5.69. The average molecular weight is 214 g/mol. The van der Waals surface area contributed by atoms with E-state index in [-0.39, 0.29) is 5.92 Å². The summed E-state index contributed by atoms with van der Waals surface area (Å²) in [7, 11) is 0. The fourth-order valence-electron chi connectivity index (χ4n) is 2.02. The SMILES string of the molecule is CCN(CC1CCCN1)CC(C)C(=O)O. The molecule has 0 aromatic rings. The zero-order valence-corrected chi connectivity index (χ0v) is 9.70. The van der Waals surface area contributed by atoms with Gasteiger partial charge in [-0.15, -0.1) is 0 Å². The Morgan fingerprint density at radius 1 is 1.67 bits per heavy atom. The predicted molar refractivity (Wildman–Crippen MR) is 59.9 cm³/mol. The van der Waals surface area contributed by atoms with Gasteiger partial charge < -0.3 is 15.3 Å².